The summed E-state index contributed by atoms with van der Waals surface area (Å²) in [6.45, 7) is 15.5. The molecule has 1 aromatic rings. The van der Waals surface area contributed by atoms with Crippen molar-refractivity contribution in [1.29, 1.82) is 0 Å². The highest BCUT2D eigenvalue weighted by molar-refractivity contribution is 6.74. The highest BCUT2D eigenvalue weighted by Gasteiger charge is 2.40. The van der Waals surface area contributed by atoms with Crippen molar-refractivity contribution in [2.45, 2.75) is 71.5 Å². The van der Waals surface area contributed by atoms with E-state index in [9.17, 15) is 4.79 Å². The van der Waals surface area contributed by atoms with Crippen LogP contribution >= 0.6 is 0 Å². The average Bonchev–Trinajstić information content (AvgIpc) is 2.31. The maximum absolute atomic E-state index is 12.3. The summed E-state index contributed by atoms with van der Waals surface area (Å²) in [6.07, 6.45) is 1.60. The fourth-order valence-electron chi connectivity index (χ4n) is 2.64. The summed E-state index contributed by atoms with van der Waals surface area (Å²) in [5.41, 5.74) is 3.15. The zero-order chi connectivity index (χ0) is 16.0. The molecule has 0 saturated carbocycles. The SMILES string of the molecule is Cc1cc(O[Si](C)(C)C(C)(C)C)c2c(c1)C(=O)CCC2C. The maximum Gasteiger partial charge on any atom is 0.250 e. The van der Waals surface area contributed by atoms with Gasteiger partial charge < -0.3 is 4.43 Å². The second-order valence-electron chi connectivity index (χ2n) is 7.95. The van der Waals surface area contributed by atoms with E-state index in [2.05, 4.69) is 46.9 Å². The largest absolute Gasteiger partial charge is 0.543 e. The van der Waals surface area contributed by atoms with Crippen molar-refractivity contribution in [2.24, 2.45) is 0 Å². The Labute approximate surface area is 130 Å². The van der Waals surface area contributed by atoms with Crippen molar-refractivity contribution in [2.75, 3.05) is 0 Å². The van der Waals surface area contributed by atoms with Gasteiger partial charge in [-0.2, -0.15) is 0 Å². The predicted molar refractivity (Wildman–Crippen MR) is 91.0 cm³/mol. The Kier molecular flexibility index (Phi) is 4.09. The van der Waals surface area contributed by atoms with Crippen molar-refractivity contribution < 1.29 is 9.22 Å². The number of fused-ring (bicyclic) bond motifs is 1. The van der Waals surface area contributed by atoms with E-state index < -0.39 is 8.32 Å². The number of hydrogen-bond donors (Lipinski definition) is 0. The monoisotopic (exact) mass is 304 g/mol. The predicted octanol–water partition coefficient (Wildman–Crippen LogP) is 5.46. The van der Waals surface area contributed by atoms with Crippen LogP contribution < -0.4 is 4.43 Å². The van der Waals surface area contributed by atoms with Crippen LogP contribution in [0.15, 0.2) is 12.1 Å². The summed E-state index contributed by atoms with van der Waals surface area (Å²) < 4.78 is 6.55. The van der Waals surface area contributed by atoms with E-state index in [4.69, 9.17) is 4.43 Å². The molecule has 0 spiro atoms. The minimum Gasteiger partial charge on any atom is -0.543 e. The van der Waals surface area contributed by atoms with Crippen LogP contribution in [-0.2, 0) is 0 Å². The van der Waals surface area contributed by atoms with E-state index in [0.29, 0.717) is 12.3 Å². The van der Waals surface area contributed by atoms with Gasteiger partial charge in [0.05, 0.1) is 0 Å². The first-order valence-electron chi connectivity index (χ1n) is 7.89. The quantitative estimate of drug-likeness (QED) is 0.678. The second kappa shape index (κ2) is 5.27. The van der Waals surface area contributed by atoms with E-state index in [1.165, 1.54) is 0 Å². The summed E-state index contributed by atoms with van der Waals surface area (Å²) in [6, 6.07) is 4.15. The normalized spacial score (nSPS) is 19.4. The first-order chi connectivity index (χ1) is 9.53. The molecule has 0 aromatic heterocycles. The Morgan fingerprint density at radius 1 is 1.24 bits per heavy atom. The molecule has 0 saturated heterocycles. The highest BCUT2D eigenvalue weighted by atomic mass is 28.4. The van der Waals surface area contributed by atoms with Gasteiger partial charge in [0, 0.05) is 17.5 Å². The van der Waals surface area contributed by atoms with Gasteiger partial charge in [-0.1, -0.05) is 27.7 Å². The molecule has 116 valence electrons. The fraction of sp³-hybridized carbons (Fsp3) is 0.611. The summed E-state index contributed by atoms with van der Waals surface area (Å²) in [5, 5.41) is 0.158. The van der Waals surface area contributed by atoms with Crippen LogP contribution in [-0.4, -0.2) is 14.1 Å². The van der Waals surface area contributed by atoms with Crippen molar-refractivity contribution in [3.63, 3.8) is 0 Å². The molecule has 1 aliphatic rings. The Balaban J connectivity index is 2.53. The number of carbonyl (C=O) groups is 1. The Hall–Kier alpha value is -1.09. The minimum absolute atomic E-state index is 0.158. The molecular formula is C18H28O2Si. The molecule has 1 unspecified atom stereocenters. The smallest absolute Gasteiger partial charge is 0.250 e. The van der Waals surface area contributed by atoms with Gasteiger partial charge in [0.1, 0.15) is 5.75 Å². The van der Waals surface area contributed by atoms with E-state index in [-0.39, 0.29) is 10.8 Å². The van der Waals surface area contributed by atoms with Gasteiger partial charge in [0.25, 0.3) is 0 Å². The van der Waals surface area contributed by atoms with Crippen LogP contribution in [0.25, 0.3) is 0 Å². The minimum atomic E-state index is -1.89. The van der Waals surface area contributed by atoms with Crippen LogP contribution in [0, 0.1) is 6.92 Å². The third-order valence-electron chi connectivity index (χ3n) is 5.06. The molecule has 0 fully saturated rings. The second-order valence-corrected chi connectivity index (χ2v) is 12.7. The van der Waals surface area contributed by atoms with Crippen molar-refractivity contribution in [3.05, 3.63) is 28.8 Å². The zero-order valence-electron chi connectivity index (χ0n) is 14.5. The van der Waals surface area contributed by atoms with Gasteiger partial charge in [-0.25, -0.2) is 0 Å². The number of carbonyl (C=O) groups excluding carboxylic acids is 1. The van der Waals surface area contributed by atoms with E-state index in [1.54, 1.807) is 0 Å². The molecule has 21 heavy (non-hydrogen) atoms. The molecule has 1 aliphatic carbocycles. The summed E-state index contributed by atoms with van der Waals surface area (Å²) in [5.74, 6) is 1.63. The lowest BCUT2D eigenvalue weighted by Gasteiger charge is -2.38. The zero-order valence-corrected chi connectivity index (χ0v) is 15.5. The molecule has 0 amide bonds. The molecule has 2 nitrogen and oxygen atoms in total. The molecule has 1 aromatic carbocycles. The first kappa shape index (κ1) is 16.3. The lowest BCUT2D eigenvalue weighted by atomic mass is 9.82. The van der Waals surface area contributed by atoms with Crippen LogP contribution in [0.5, 0.6) is 5.75 Å². The van der Waals surface area contributed by atoms with Gasteiger partial charge in [0.2, 0.25) is 8.32 Å². The molecule has 0 aliphatic heterocycles. The third kappa shape index (κ3) is 3.08. The van der Waals surface area contributed by atoms with E-state index in [0.717, 1.165) is 28.9 Å². The number of benzene rings is 1. The maximum atomic E-state index is 12.3. The van der Waals surface area contributed by atoms with Crippen molar-refractivity contribution >= 4 is 14.1 Å². The number of aryl methyl sites for hydroxylation is 1. The van der Waals surface area contributed by atoms with Crippen LogP contribution in [0.3, 0.4) is 0 Å². The highest BCUT2D eigenvalue weighted by Crippen LogP contribution is 2.43. The number of Topliss-reactive ketones (excluding diaryl/α,β-unsaturated/α-hetero) is 1. The Morgan fingerprint density at radius 3 is 2.43 bits per heavy atom. The molecule has 0 bridgehead atoms. The molecule has 0 N–H and O–H groups in total. The number of hydrogen-bond acceptors (Lipinski definition) is 2. The van der Waals surface area contributed by atoms with Crippen LogP contribution in [0.4, 0.5) is 0 Å². The molecule has 1 atom stereocenters. The topological polar surface area (TPSA) is 26.3 Å². The van der Waals surface area contributed by atoms with Gasteiger partial charge in [-0.15, -0.1) is 0 Å². The third-order valence-corrected chi connectivity index (χ3v) is 9.40. The van der Waals surface area contributed by atoms with Crippen molar-refractivity contribution in [1.82, 2.24) is 0 Å². The standard InChI is InChI=1S/C18H28O2Si/c1-12-10-14-15(19)9-8-13(2)17(14)16(11-12)20-21(6,7)18(3,4)5/h10-11,13H,8-9H2,1-7H3. The summed E-state index contributed by atoms with van der Waals surface area (Å²) in [7, 11) is -1.89. The van der Waals surface area contributed by atoms with Crippen LogP contribution in [0.2, 0.25) is 18.1 Å². The average molecular weight is 305 g/mol. The van der Waals surface area contributed by atoms with Gasteiger partial charge in [-0.3, -0.25) is 4.79 Å². The Bertz CT molecular complexity index is 567. The lowest BCUT2D eigenvalue weighted by molar-refractivity contribution is 0.0967. The number of rotatable bonds is 2. The fourth-order valence-corrected chi connectivity index (χ4v) is 3.67. The van der Waals surface area contributed by atoms with E-state index >= 15 is 0 Å². The van der Waals surface area contributed by atoms with E-state index in [1.807, 2.05) is 13.0 Å². The number of ketones is 1. The lowest BCUT2D eigenvalue weighted by Crippen LogP contribution is -2.44. The van der Waals surface area contributed by atoms with Gasteiger partial charge in [-0.05, 0) is 55.1 Å². The molecular weight excluding hydrogens is 276 g/mol. The van der Waals surface area contributed by atoms with Gasteiger partial charge in [0.15, 0.2) is 5.78 Å². The van der Waals surface area contributed by atoms with Crippen molar-refractivity contribution in [3.8, 4) is 5.75 Å². The first-order valence-corrected chi connectivity index (χ1v) is 10.8. The summed E-state index contributed by atoms with van der Waals surface area (Å²) in [4.78, 5) is 12.3. The summed E-state index contributed by atoms with van der Waals surface area (Å²) >= 11 is 0. The molecule has 0 heterocycles. The molecule has 3 heteroatoms. The Morgan fingerprint density at radius 2 is 1.86 bits per heavy atom. The van der Waals surface area contributed by atoms with Crippen LogP contribution in [0.1, 0.15) is 67.9 Å². The van der Waals surface area contributed by atoms with Gasteiger partial charge >= 0.3 is 0 Å². The molecule has 2 rings (SSSR count). The molecule has 0 radical (unpaired) electrons.